The topological polar surface area (TPSA) is 53.5 Å². The van der Waals surface area contributed by atoms with Gasteiger partial charge in [-0.05, 0) is 25.1 Å². The molecule has 1 N–H and O–H groups in total. The van der Waals surface area contributed by atoms with Crippen molar-refractivity contribution in [2.45, 2.75) is 12.8 Å². The van der Waals surface area contributed by atoms with E-state index in [4.69, 9.17) is 4.74 Å². The van der Waals surface area contributed by atoms with E-state index < -0.39 is 0 Å². The maximum absolute atomic E-state index is 5.83. The number of rotatable bonds is 5. The van der Waals surface area contributed by atoms with Gasteiger partial charge in [0, 0.05) is 51.3 Å². The number of aromatic nitrogens is 2. The van der Waals surface area contributed by atoms with Gasteiger partial charge >= 0.3 is 0 Å². The van der Waals surface area contributed by atoms with Gasteiger partial charge in [-0.2, -0.15) is 0 Å². The third-order valence-corrected chi connectivity index (χ3v) is 5.19. The zero-order valence-electron chi connectivity index (χ0n) is 16.0. The summed E-state index contributed by atoms with van der Waals surface area (Å²) in [5.74, 6) is 2.10. The Hall–Kier alpha value is -1.60. The van der Waals surface area contributed by atoms with Gasteiger partial charge in [0.2, 0.25) is 0 Å². The molecule has 1 aromatic heterocycles. The molecule has 28 heavy (non-hydrogen) atoms. The number of anilines is 1. The number of benzene rings is 1. The lowest BCUT2D eigenvalue weighted by molar-refractivity contribution is 0.200. The molecule has 0 saturated carbocycles. The zero-order valence-corrected chi connectivity index (χ0v) is 17.7. The van der Waals surface area contributed by atoms with Crippen LogP contribution in [0, 0.1) is 0 Å². The summed E-state index contributed by atoms with van der Waals surface area (Å²) >= 11 is 0. The largest absolute Gasteiger partial charge is 0.492 e. The molecule has 0 atom stereocenters. The zero-order chi connectivity index (χ0) is 17.6. The van der Waals surface area contributed by atoms with Gasteiger partial charge in [-0.25, -0.2) is 9.97 Å². The van der Waals surface area contributed by atoms with Crippen LogP contribution in [0.3, 0.4) is 0 Å². The van der Waals surface area contributed by atoms with Gasteiger partial charge in [-0.1, -0.05) is 18.2 Å². The number of halogens is 2. The molecule has 0 aliphatic carbocycles. The second-order valence-electron chi connectivity index (χ2n) is 6.86. The summed E-state index contributed by atoms with van der Waals surface area (Å²) in [6.45, 7) is 7.87. The highest BCUT2D eigenvalue weighted by Gasteiger charge is 2.22. The van der Waals surface area contributed by atoms with E-state index in [0.29, 0.717) is 0 Å². The van der Waals surface area contributed by atoms with Gasteiger partial charge in [0.05, 0.1) is 5.69 Å². The summed E-state index contributed by atoms with van der Waals surface area (Å²) < 4.78 is 5.83. The lowest BCUT2D eigenvalue weighted by Crippen LogP contribution is -2.48. The van der Waals surface area contributed by atoms with Crippen molar-refractivity contribution in [1.29, 1.82) is 0 Å². The van der Waals surface area contributed by atoms with Crippen molar-refractivity contribution >= 4 is 30.6 Å². The van der Waals surface area contributed by atoms with E-state index in [1.165, 1.54) is 11.3 Å². The van der Waals surface area contributed by atoms with E-state index in [-0.39, 0.29) is 24.8 Å². The molecule has 0 spiro atoms. The predicted octanol–water partition coefficient (Wildman–Crippen LogP) is 2.21. The highest BCUT2D eigenvalue weighted by atomic mass is 35.5. The molecular weight excluding hydrogens is 397 g/mol. The molecular formula is C20H29Cl2N5O. The predicted molar refractivity (Wildman–Crippen MR) is 117 cm³/mol. The second kappa shape index (κ2) is 11.4. The van der Waals surface area contributed by atoms with Crippen molar-refractivity contribution in [3.05, 3.63) is 47.9 Å². The van der Waals surface area contributed by atoms with Crippen LogP contribution in [-0.4, -0.2) is 67.3 Å². The van der Waals surface area contributed by atoms with E-state index in [9.17, 15) is 0 Å². The molecule has 1 aromatic carbocycles. The van der Waals surface area contributed by atoms with Gasteiger partial charge in [0.1, 0.15) is 24.5 Å². The lowest BCUT2D eigenvalue weighted by Gasteiger charge is -2.36. The first kappa shape index (κ1) is 22.7. The maximum atomic E-state index is 5.83. The molecule has 0 radical (unpaired) electrons. The fourth-order valence-corrected chi connectivity index (χ4v) is 3.72. The van der Waals surface area contributed by atoms with E-state index in [1.807, 2.05) is 30.3 Å². The molecule has 3 heterocycles. The second-order valence-corrected chi connectivity index (χ2v) is 6.86. The van der Waals surface area contributed by atoms with Crippen LogP contribution in [0.25, 0.3) is 0 Å². The molecule has 0 bridgehead atoms. The van der Waals surface area contributed by atoms with Crippen molar-refractivity contribution in [3.63, 3.8) is 0 Å². The number of nitrogens with one attached hydrogen (secondary N) is 1. The standard InChI is InChI=1S/C20H27N5O.2ClH/c1-2-4-17(5-3-1)26-15-14-24-10-12-25(13-11-24)20-18-6-8-21-9-7-19(18)22-16-23-20;;/h1-5,16,21H,6-15H2;2*1H. The van der Waals surface area contributed by atoms with Gasteiger partial charge in [0.25, 0.3) is 0 Å². The third kappa shape index (κ3) is 5.70. The van der Waals surface area contributed by atoms with E-state index >= 15 is 0 Å². The minimum atomic E-state index is 0. The Bertz CT molecular complexity index is 711. The molecule has 0 amide bonds. The number of piperazine rings is 1. The minimum Gasteiger partial charge on any atom is -0.492 e. The average molecular weight is 426 g/mol. The molecule has 1 saturated heterocycles. The molecule has 1 fully saturated rings. The Morgan fingerprint density at radius 2 is 1.68 bits per heavy atom. The van der Waals surface area contributed by atoms with Crippen LogP contribution in [-0.2, 0) is 12.8 Å². The summed E-state index contributed by atoms with van der Waals surface area (Å²) in [7, 11) is 0. The fraction of sp³-hybridized carbons (Fsp3) is 0.500. The van der Waals surface area contributed by atoms with E-state index in [1.54, 1.807) is 6.33 Å². The lowest BCUT2D eigenvalue weighted by atomic mass is 10.1. The van der Waals surface area contributed by atoms with Crippen molar-refractivity contribution in [3.8, 4) is 5.75 Å². The summed E-state index contributed by atoms with van der Waals surface area (Å²) in [5, 5.41) is 3.46. The Morgan fingerprint density at radius 1 is 0.929 bits per heavy atom. The van der Waals surface area contributed by atoms with E-state index in [0.717, 1.165) is 76.8 Å². The molecule has 0 unspecified atom stereocenters. The Balaban J connectivity index is 0.00000140. The van der Waals surface area contributed by atoms with Crippen LogP contribution < -0.4 is 15.0 Å². The number of fused-ring (bicyclic) bond motifs is 1. The molecule has 2 aliphatic heterocycles. The molecule has 8 heteroatoms. The van der Waals surface area contributed by atoms with Crippen LogP contribution in [0.5, 0.6) is 5.75 Å². The van der Waals surface area contributed by atoms with Crippen LogP contribution >= 0.6 is 24.8 Å². The van der Waals surface area contributed by atoms with Crippen molar-refractivity contribution in [2.75, 3.05) is 57.3 Å². The summed E-state index contributed by atoms with van der Waals surface area (Å²) in [6, 6.07) is 10.0. The van der Waals surface area contributed by atoms with Crippen molar-refractivity contribution < 1.29 is 4.74 Å². The molecule has 2 aromatic rings. The minimum absolute atomic E-state index is 0. The number of nitrogens with zero attached hydrogens (tertiary/aromatic N) is 4. The Kier molecular flexibility index (Phi) is 9.25. The average Bonchev–Trinajstić information content (AvgIpc) is 2.95. The van der Waals surface area contributed by atoms with Gasteiger partial charge in [0.15, 0.2) is 0 Å². The Morgan fingerprint density at radius 3 is 2.46 bits per heavy atom. The number of para-hydroxylation sites is 1. The molecule has 6 nitrogen and oxygen atoms in total. The SMILES string of the molecule is Cl.Cl.c1ccc(OCCN2CCN(c3ncnc4c3CCNCC4)CC2)cc1. The fourth-order valence-electron chi connectivity index (χ4n) is 3.72. The first-order valence-corrected chi connectivity index (χ1v) is 9.59. The highest BCUT2D eigenvalue weighted by molar-refractivity contribution is 5.85. The number of ether oxygens (including phenoxy) is 1. The third-order valence-electron chi connectivity index (χ3n) is 5.19. The quantitative estimate of drug-likeness (QED) is 0.792. The van der Waals surface area contributed by atoms with Crippen molar-refractivity contribution in [2.24, 2.45) is 0 Å². The van der Waals surface area contributed by atoms with Crippen LogP contribution in [0.1, 0.15) is 11.3 Å². The first-order chi connectivity index (χ1) is 12.9. The number of hydrogen-bond donors (Lipinski definition) is 1. The van der Waals surface area contributed by atoms with Gasteiger partial charge in [-0.3, -0.25) is 4.90 Å². The van der Waals surface area contributed by atoms with Crippen LogP contribution in [0.2, 0.25) is 0 Å². The van der Waals surface area contributed by atoms with Gasteiger partial charge < -0.3 is 15.0 Å². The Labute approximate surface area is 179 Å². The normalized spacial score (nSPS) is 16.9. The van der Waals surface area contributed by atoms with Crippen molar-refractivity contribution in [1.82, 2.24) is 20.2 Å². The summed E-state index contributed by atoms with van der Waals surface area (Å²) in [5.41, 5.74) is 2.57. The first-order valence-electron chi connectivity index (χ1n) is 9.59. The highest BCUT2D eigenvalue weighted by Crippen LogP contribution is 2.23. The smallest absolute Gasteiger partial charge is 0.135 e. The maximum Gasteiger partial charge on any atom is 0.135 e. The van der Waals surface area contributed by atoms with Crippen LogP contribution in [0.4, 0.5) is 5.82 Å². The summed E-state index contributed by atoms with van der Waals surface area (Å²) in [4.78, 5) is 14.0. The van der Waals surface area contributed by atoms with E-state index in [2.05, 4.69) is 25.1 Å². The molecule has 4 rings (SSSR count). The molecule has 2 aliphatic rings. The monoisotopic (exact) mass is 425 g/mol. The van der Waals surface area contributed by atoms with Crippen LogP contribution in [0.15, 0.2) is 36.7 Å². The van der Waals surface area contributed by atoms with Gasteiger partial charge in [-0.15, -0.1) is 24.8 Å². The summed E-state index contributed by atoms with van der Waals surface area (Å²) in [6.07, 6.45) is 3.76. The molecule has 154 valence electrons. The number of hydrogen-bond acceptors (Lipinski definition) is 6.